The van der Waals surface area contributed by atoms with Crippen LogP contribution >= 0.6 is 0 Å². The van der Waals surface area contributed by atoms with Crippen LogP contribution in [-0.4, -0.2) is 25.0 Å². The maximum absolute atomic E-state index is 13.4. The zero-order valence-corrected chi connectivity index (χ0v) is 34.7. The van der Waals surface area contributed by atoms with Crippen molar-refractivity contribution >= 4 is 23.2 Å². The third-order valence-corrected chi connectivity index (χ3v) is 9.90. The molecule has 6 nitrogen and oxygen atoms in total. The van der Waals surface area contributed by atoms with Crippen molar-refractivity contribution in [3.63, 3.8) is 0 Å². The second-order valence-corrected chi connectivity index (χ2v) is 16.9. The van der Waals surface area contributed by atoms with E-state index in [4.69, 9.17) is 9.47 Å². The van der Waals surface area contributed by atoms with Gasteiger partial charge in [0.2, 0.25) is 0 Å². The minimum Gasteiger partial charge on any atom is -0.491 e. The number of ether oxygens (including phenoxy) is 2. The summed E-state index contributed by atoms with van der Waals surface area (Å²) in [4.78, 5) is 26.8. The van der Waals surface area contributed by atoms with Crippen LogP contribution in [0.2, 0.25) is 0 Å². The maximum atomic E-state index is 13.4. The highest BCUT2D eigenvalue weighted by molar-refractivity contribution is 6.44. The van der Waals surface area contributed by atoms with Crippen molar-refractivity contribution < 1.29 is 19.1 Å². The molecule has 0 bridgehead atoms. The van der Waals surface area contributed by atoms with Crippen LogP contribution in [0.25, 0.3) is 0 Å². The van der Waals surface area contributed by atoms with Crippen molar-refractivity contribution in [2.75, 3.05) is 23.8 Å². The molecule has 2 rings (SSSR count). The van der Waals surface area contributed by atoms with E-state index in [9.17, 15) is 9.59 Å². The van der Waals surface area contributed by atoms with E-state index < -0.39 is 11.8 Å². The normalized spacial score (nSPS) is 11.8. The Bertz CT molecular complexity index is 1190. The van der Waals surface area contributed by atoms with Gasteiger partial charge in [0.1, 0.15) is 11.5 Å². The topological polar surface area (TPSA) is 76.7 Å². The number of amides is 2. The highest BCUT2D eigenvalue weighted by Gasteiger charge is 2.23. The summed E-state index contributed by atoms with van der Waals surface area (Å²) >= 11 is 0. The summed E-state index contributed by atoms with van der Waals surface area (Å²) in [6.07, 6.45) is 25.1. The molecule has 0 fully saturated rings. The monoisotopic (exact) mass is 721 g/mol. The van der Waals surface area contributed by atoms with E-state index in [0.29, 0.717) is 36.1 Å². The van der Waals surface area contributed by atoms with Crippen molar-refractivity contribution in [2.45, 2.75) is 195 Å². The summed E-state index contributed by atoms with van der Waals surface area (Å²) in [6.45, 7) is 18.4. The van der Waals surface area contributed by atoms with Crippen LogP contribution in [0.15, 0.2) is 36.4 Å². The molecule has 0 radical (unpaired) electrons. The second kappa shape index (κ2) is 25.1. The molecule has 6 heteroatoms. The first-order valence-electron chi connectivity index (χ1n) is 21.0. The smallest absolute Gasteiger partial charge is 0.314 e. The molecular formula is C46H76N2O4. The molecule has 52 heavy (non-hydrogen) atoms. The summed E-state index contributed by atoms with van der Waals surface area (Å²) in [5.41, 5.74) is 2.86. The summed E-state index contributed by atoms with van der Waals surface area (Å²) in [6, 6.07) is 11.8. The van der Waals surface area contributed by atoms with Gasteiger partial charge in [-0.2, -0.15) is 0 Å². The van der Waals surface area contributed by atoms with Crippen molar-refractivity contribution in [1.29, 1.82) is 0 Å². The van der Waals surface area contributed by atoms with Crippen molar-refractivity contribution in [2.24, 2.45) is 0 Å². The van der Waals surface area contributed by atoms with Crippen LogP contribution < -0.4 is 20.1 Å². The molecule has 0 aliphatic carbocycles. The number of hydrogen-bond acceptors (Lipinski definition) is 4. The molecular weight excluding hydrogens is 645 g/mol. The molecule has 0 aliphatic rings. The average molecular weight is 721 g/mol. The van der Waals surface area contributed by atoms with E-state index in [1.165, 1.54) is 103 Å². The van der Waals surface area contributed by atoms with Gasteiger partial charge in [-0.05, 0) is 59.1 Å². The highest BCUT2D eigenvalue weighted by atomic mass is 16.5. The Morgan fingerprint density at radius 3 is 1.04 bits per heavy atom. The molecule has 2 N–H and O–H groups in total. The van der Waals surface area contributed by atoms with E-state index in [0.717, 1.165) is 36.8 Å². The fraction of sp³-hybridized carbons (Fsp3) is 0.696. The van der Waals surface area contributed by atoms with Crippen LogP contribution in [0.5, 0.6) is 11.5 Å². The van der Waals surface area contributed by atoms with Gasteiger partial charge in [-0.3, -0.25) is 9.59 Å². The first-order valence-corrected chi connectivity index (χ1v) is 21.0. The fourth-order valence-corrected chi connectivity index (χ4v) is 6.34. The predicted molar refractivity (Wildman–Crippen MR) is 222 cm³/mol. The third kappa shape index (κ3) is 18.6. The molecule has 0 spiro atoms. The number of anilines is 2. The standard InChI is InChI=1S/C46H76N2O4/c1-9-11-13-15-17-19-21-23-25-27-33-51-41-31-29-37(45(3,4)5)35-39(41)47-43(49)44(50)48-40-36-38(46(6,7)8)30-32-42(40)52-34-28-26-24-22-20-18-16-14-12-10-2/h29-32,35-36H,9-28,33-34H2,1-8H3,(H,47,49)(H,48,50). The molecule has 0 saturated carbocycles. The molecule has 0 unspecified atom stereocenters. The number of benzene rings is 2. The summed E-state index contributed by atoms with van der Waals surface area (Å²) in [5, 5.41) is 5.74. The first-order chi connectivity index (χ1) is 24.9. The van der Waals surface area contributed by atoms with Crippen molar-refractivity contribution in [3.05, 3.63) is 47.5 Å². The number of hydrogen-bond donors (Lipinski definition) is 2. The third-order valence-electron chi connectivity index (χ3n) is 9.90. The molecule has 0 aromatic heterocycles. The summed E-state index contributed by atoms with van der Waals surface area (Å²) < 4.78 is 12.4. The first kappa shape index (κ1) is 45.1. The van der Waals surface area contributed by atoms with Gasteiger partial charge in [-0.15, -0.1) is 0 Å². The van der Waals surface area contributed by atoms with E-state index in [1.54, 1.807) is 0 Å². The largest absolute Gasteiger partial charge is 0.491 e. The Balaban J connectivity index is 1.98. The minimum atomic E-state index is -0.739. The van der Waals surface area contributed by atoms with Crippen LogP contribution in [0.1, 0.15) is 195 Å². The number of carbonyl (C=O) groups is 2. The number of unbranched alkanes of at least 4 members (excludes halogenated alkanes) is 18. The van der Waals surface area contributed by atoms with Gasteiger partial charge in [0.15, 0.2) is 0 Å². The molecule has 0 aliphatic heterocycles. The van der Waals surface area contributed by atoms with Crippen molar-refractivity contribution in [1.82, 2.24) is 0 Å². The summed E-state index contributed by atoms with van der Waals surface area (Å²) in [7, 11) is 0. The molecule has 2 aromatic rings. The Morgan fingerprint density at radius 2 is 0.750 bits per heavy atom. The number of nitrogens with one attached hydrogen (secondary N) is 2. The highest BCUT2D eigenvalue weighted by Crippen LogP contribution is 2.34. The van der Waals surface area contributed by atoms with Crippen LogP contribution in [0.4, 0.5) is 11.4 Å². The Kier molecular flexibility index (Phi) is 21.8. The van der Waals surface area contributed by atoms with Gasteiger partial charge in [0, 0.05) is 0 Å². The minimum absolute atomic E-state index is 0.134. The zero-order chi connectivity index (χ0) is 38.2. The lowest BCUT2D eigenvalue weighted by Crippen LogP contribution is -2.30. The Morgan fingerprint density at radius 1 is 0.462 bits per heavy atom. The molecule has 2 amide bonds. The molecule has 0 saturated heterocycles. The number of rotatable bonds is 26. The van der Waals surface area contributed by atoms with Crippen molar-refractivity contribution in [3.8, 4) is 11.5 Å². The quantitative estimate of drug-likeness (QED) is 0.0749. The average Bonchev–Trinajstić information content (AvgIpc) is 3.09. The van der Waals surface area contributed by atoms with E-state index in [2.05, 4.69) is 66.0 Å². The van der Waals surface area contributed by atoms with Gasteiger partial charge >= 0.3 is 11.8 Å². The molecule has 0 atom stereocenters. The van der Waals surface area contributed by atoms with Gasteiger partial charge < -0.3 is 20.1 Å². The fourth-order valence-electron chi connectivity index (χ4n) is 6.34. The number of carbonyl (C=O) groups excluding carboxylic acids is 2. The summed E-state index contributed by atoms with van der Waals surface area (Å²) in [5.74, 6) is -0.311. The predicted octanol–water partition coefficient (Wildman–Crippen LogP) is 13.5. The Hall–Kier alpha value is -3.02. The van der Waals surface area contributed by atoms with Crippen LogP contribution in [0, 0.1) is 0 Å². The molecule has 0 heterocycles. The van der Waals surface area contributed by atoms with E-state index in [1.807, 2.05) is 36.4 Å². The lowest BCUT2D eigenvalue weighted by molar-refractivity contribution is -0.133. The van der Waals surface area contributed by atoms with Crippen LogP contribution in [-0.2, 0) is 20.4 Å². The van der Waals surface area contributed by atoms with Gasteiger partial charge in [0.05, 0.1) is 24.6 Å². The van der Waals surface area contributed by atoms with Gasteiger partial charge in [0.25, 0.3) is 0 Å². The second-order valence-electron chi connectivity index (χ2n) is 16.9. The Labute approximate surface area is 319 Å². The molecule has 294 valence electrons. The molecule has 2 aromatic carbocycles. The SMILES string of the molecule is CCCCCCCCCCCCOc1ccc(C(C)(C)C)cc1NC(=O)C(=O)Nc1cc(C(C)(C)C)ccc1OCCCCCCCCCCCC. The zero-order valence-electron chi connectivity index (χ0n) is 34.7. The van der Waals surface area contributed by atoms with E-state index >= 15 is 0 Å². The van der Waals surface area contributed by atoms with Gasteiger partial charge in [-0.1, -0.05) is 183 Å². The lowest BCUT2D eigenvalue weighted by atomic mass is 9.86. The van der Waals surface area contributed by atoms with E-state index in [-0.39, 0.29) is 10.8 Å². The van der Waals surface area contributed by atoms with Gasteiger partial charge in [-0.25, -0.2) is 0 Å². The maximum Gasteiger partial charge on any atom is 0.314 e. The lowest BCUT2D eigenvalue weighted by Gasteiger charge is -2.22. The van der Waals surface area contributed by atoms with Crippen LogP contribution in [0.3, 0.4) is 0 Å².